The minimum atomic E-state index is -0.178. The Hall–Kier alpha value is -3.08. The molecule has 3 heterocycles. The maximum atomic E-state index is 11.3. The van der Waals surface area contributed by atoms with Crippen LogP contribution in [0.3, 0.4) is 0 Å². The molecule has 0 bridgehead atoms. The third kappa shape index (κ3) is 4.48. The van der Waals surface area contributed by atoms with Crippen molar-refractivity contribution < 1.29 is 5.11 Å². The van der Waals surface area contributed by atoms with E-state index in [4.69, 9.17) is 17.2 Å². The predicted molar refractivity (Wildman–Crippen MR) is 166 cm³/mol. The van der Waals surface area contributed by atoms with E-state index in [9.17, 15) is 5.11 Å². The fraction of sp³-hybridized carbons (Fsp3) is 0.200. The van der Waals surface area contributed by atoms with Gasteiger partial charge in [-0.25, -0.2) is 0 Å². The summed E-state index contributed by atoms with van der Waals surface area (Å²) in [6.07, 6.45) is 4.03. The molecule has 6 aromatic rings. The summed E-state index contributed by atoms with van der Waals surface area (Å²) in [5.74, 6) is -0.0154. The number of halogens is 2. The van der Waals surface area contributed by atoms with Crippen molar-refractivity contribution in [2.45, 2.75) is 18.4 Å². The van der Waals surface area contributed by atoms with E-state index in [2.05, 4.69) is 76.7 Å². The van der Waals surface area contributed by atoms with Crippen LogP contribution in [0.1, 0.15) is 34.2 Å². The fourth-order valence-corrected chi connectivity index (χ4v) is 6.65. The molecule has 0 aliphatic carbocycles. The van der Waals surface area contributed by atoms with Crippen LogP contribution in [0.4, 0.5) is 0 Å². The maximum absolute atomic E-state index is 11.3. The topological polar surface area (TPSA) is 135 Å². The second kappa shape index (κ2) is 10.5. The van der Waals surface area contributed by atoms with E-state index in [0.717, 1.165) is 64.0 Å². The Morgan fingerprint density at radius 2 is 1.33 bits per heavy atom. The molecule has 7 nitrogen and oxygen atoms in total. The average molecular weight is 650 g/mol. The number of aromatic nitrogens is 3. The molecule has 9 heteroatoms. The van der Waals surface area contributed by atoms with Crippen LogP contribution >= 0.6 is 31.9 Å². The van der Waals surface area contributed by atoms with Gasteiger partial charge >= 0.3 is 0 Å². The first kappa shape index (κ1) is 26.2. The van der Waals surface area contributed by atoms with Gasteiger partial charge in [0.1, 0.15) is 5.75 Å². The maximum Gasteiger partial charge on any atom is 0.121 e. The second-order valence-corrected chi connectivity index (χ2v) is 11.8. The summed E-state index contributed by atoms with van der Waals surface area (Å²) in [5.41, 5.74) is 25.9. The zero-order valence-corrected chi connectivity index (χ0v) is 24.4. The number of fused-ring (bicyclic) bond motifs is 3. The highest BCUT2D eigenvalue weighted by atomic mass is 79.9. The number of aromatic hydroxyl groups is 1. The molecule has 0 aliphatic rings. The number of nitrogens with two attached hydrogens (primary N) is 3. The fourth-order valence-electron chi connectivity index (χ4n) is 5.93. The van der Waals surface area contributed by atoms with Gasteiger partial charge in [0.15, 0.2) is 0 Å². The summed E-state index contributed by atoms with van der Waals surface area (Å²) in [6, 6.07) is 18.5. The number of nitrogens with one attached hydrogen (secondary N) is 2. The number of nitrogens with zero attached hydrogens (tertiary/aromatic N) is 1. The highest BCUT2D eigenvalue weighted by Gasteiger charge is 2.25. The molecule has 6 rings (SSSR count). The summed E-state index contributed by atoms with van der Waals surface area (Å²) in [5, 5.41) is 14.6. The Morgan fingerprint density at radius 3 is 1.90 bits per heavy atom. The molecule has 0 fully saturated rings. The molecular weight excluding hydrogens is 620 g/mol. The highest BCUT2D eigenvalue weighted by molar-refractivity contribution is 9.10. The Morgan fingerprint density at radius 1 is 0.744 bits per heavy atom. The number of rotatable bonds is 8. The molecule has 0 amide bonds. The van der Waals surface area contributed by atoms with Crippen LogP contribution < -0.4 is 17.2 Å². The number of phenols is 1. The highest BCUT2D eigenvalue weighted by Crippen LogP contribution is 2.40. The van der Waals surface area contributed by atoms with Gasteiger partial charge in [-0.2, -0.15) is 0 Å². The molecule has 2 atom stereocenters. The first-order valence-corrected chi connectivity index (χ1v) is 14.5. The van der Waals surface area contributed by atoms with Crippen molar-refractivity contribution in [1.29, 1.82) is 0 Å². The molecule has 0 spiro atoms. The molecule has 9 N–H and O–H groups in total. The van der Waals surface area contributed by atoms with Crippen molar-refractivity contribution in [2.24, 2.45) is 17.2 Å². The number of aromatic amines is 2. The SMILES string of the molecule is NCCn1c(C(CN)c2c[nH]c3cc(Br)ccc23)cc2cc(C(CN)c3c[nH]c4cc(Br)ccc34)c(O)cc21. The first-order chi connectivity index (χ1) is 18.9. The van der Waals surface area contributed by atoms with Gasteiger partial charge in [0.2, 0.25) is 0 Å². The van der Waals surface area contributed by atoms with Crippen LogP contribution in [0.5, 0.6) is 5.75 Å². The molecule has 200 valence electrons. The van der Waals surface area contributed by atoms with Gasteiger partial charge in [0.25, 0.3) is 0 Å². The molecule has 0 radical (unpaired) electrons. The normalized spacial score (nSPS) is 13.6. The van der Waals surface area contributed by atoms with Crippen LogP contribution in [-0.2, 0) is 6.54 Å². The lowest BCUT2D eigenvalue weighted by molar-refractivity contribution is 0.465. The zero-order valence-electron chi connectivity index (χ0n) is 21.2. The van der Waals surface area contributed by atoms with Gasteiger partial charge in [-0.15, -0.1) is 0 Å². The zero-order chi connectivity index (χ0) is 27.3. The van der Waals surface area contributed by atoms with Crippen LogP contribution in [-0.4, -0.2) is 39.3 Å². The molecule has 0 aliphatic heterocycles. The summed E-state index contributed by atoms with van der Waals surface area (Å²) < 4.78 is 4.21. The molecule has 0 saturated carbocycles. The van der Waals surface area contributed by atoms with Gasteiger partial charge in [0, 0.05) is 104 Å². The predicted octanol–water partition coefficient (Wildman–Crippen LogP) is 5.97. The molecule has 39 heavy (non-hydrogen) atoms. The molecule has 0 saturated heterocycles. The van der Waals surface area contributed by atoms with Crippen molar-refractivity contribution in [1.82, 2.24) is 14.5 Å². The smallest absolute Gasteiger partial charge is 0.121 e. The van der Waals surface area contributed by atoms with Crippen LogP contribution in [0, 0.1) is 0 Å². The summed E-state index contributed by atoms with van der Waals surface area (Å²) in [6.45, 7) is 1.86. The first-order valence-electron chi connectivity index (χ1n) is 12.9. The molecule has 3 aromatic heterocycles. The van der Waals surface area contributed by atoms with Crippen LogP contribution in [0.2, 0.25) is 0 Å². The van der Waals surface area contributed by atoms with Crippen molar-refractivity contribution in [3.05, 3.63) is 98.3 Å². The minimum absolute atomic E-state index is 0.0539. The van der Waals surface area contributed by atoms with Gasteiger partial charge in [-0.05, 0) is 47.5 Å². The standard InChI is InChI=1S/C30H30Br2N6O/c31-17-1-3-19-24(14-36-26(19)9-17)22(12-34)21-7-16-8-29(38(6-5-33)28(16)11-30(21)39)23(13-35)25-15-37-27-10-18(32)2-4-20(25)27/h1-4,7-11,14-15,22-23,36-37,39H,5-6,12-13,33-35H2. The lowest BCUT2D eigenvalue weighted by Gasteiger charge is -2.19. The number of hydrogen-bond acceptors (Lipinski definition) is 4. The van der Waals surface area contributed by atoms with E-state index in [1.165, 1.54) is 0 Å². The van der Waals surface area contributed by atoms with E-state index < -0.39 is 0 Å². The largest absolute Gasteiger partial charge is 0.508 e. The summed E-state index contributed by atoms with van der Waals surface area (Å²) in [4.78, 5) is 6.75. The second-order valence-electron chi connectivity index (χ2n) is 9.92. The van der Waals surface area contributed by atoms with E-state index in [1.54, 1.807) is 0 Å². The Balaban J connectivity index is 1.50. The Labute approximate surface area is 242 Å². The van der Waals surface area contributed by atoms with Crippen molar-refractivity contribution in [3.63, 3.8) is 0 Å². The molecule has 3 aromatic carbocycles. The number of H-pyrrole nitrogens is 2. The lowest BCUT2D eigenvalue weighted by atomic mass is 9.89. The van der Waals surface area contributed by atoms with Crippen molar-refractivity contribution in [2.75, 3.05) is 19.6 Å². The Bertz CT molecular complexity index is 1820. The van der Waals surface area contributed by atoms with E-state index in [-0.39, 0.29) is 17.6 Å². The monoisotopic (exact) mass is 648 g/mol. The number of phenolic OH excluding ortho intramolecular Hbond substituents is 1. The quantitative estimate of drug-likeness (QED) is 0.121. The molecular formula is C30H30Br2N6O. The van der Waals surface area contributed by atoms with Crippen LogP contribution in [0.25, 0.3) is 32.7 Å². The van der Waals surface area contributed by atoms with E-state index in [1.807, 2.05) is 36.7 Å². The van der Waals surface area contributed by atoms with Crippen LogP contribution in [0.15, 0.2) is 75.9 Å². The van der Waals surface area contributed by atoms with Crippen molar-refractivity contribution >= 4 is 64.6 Å². The Kier molecular flexibility index (Phi) is 7.03. The molecule has 2 unspecified atom stereocenters. The minimum Gasteiger partial charge on any atom is -0.508 e. The van der Waals surface area contributed by atoms with Gasteiger partial charge in [-0.1, -0.05) is 44.0 Å². The third-order valence-corrected chi connectivity index (χ3v) is 8.73. The summed E-state index contributed by atoms with van der Waals surface area (Å²) in [7, 11) is 0. The summed E-state index contributed by atoms with van der Waals surface area (Å²) >= 11 is 7.10. The van der Waals surface area contributed by atoms with Crippen molar-refractivity contribution in [3.8, 4) is 5.75 Å². The lowest BCUT2D eigenvalue weighted by Crippen LogP contribution is -2.20. The van der Waals surface area contributed by atoms with Gasteiger partial charge in [-0.3, -0.25) is 0 Å². The van der Waals surface area contributed by atoms with Gasteiger partial charge < -0.3 is 36.8 Å². The van der Waals surface area contributed by atoms with E-state index in [0.29, 0.717) is 26.2 Å². The number of hydrogen-bond donors (Lipinski definition) is 6. The van der Waals surface area contributed by atoms with E-state index >= 15 is 0 Å². The third-order valence-electron chi connectivity index (χ3n) is 7.74. The van der Waals surface area contributed by atoms with Gasteiger partial charge in [0.05, 0.1) is 5.52 Å². The average Bonchev–Trinajstić information content (AvgIpc) is 3.62. The number of benzene rings is 3.